The van der Waals surface area contributed by atoms with Crippen molar-refractivity contribution in [2.24, 2.45) is 0 Å². The van der Waals surface area contributed by atoms with Crippen molar-refractivity contribution in [3.05, 3.63) is 23.9 Å². The SMILES string of the molecule is Cc1cccc2[n+]1C[Si-](C)([OH2+])(CCl)O2.O.[Cl-]. The summed E-state index contributed by atoms with van der Waals surface area (Å²) in [7, 11) is -3.14. The van der Waals surface area contributed by atoms with E-state index >= 15 is 0 Å². The molecule has 0 unspecified atom stereocenters. The number of nitrogens with zero attached hydrogens (tertiary/aromatic N) is 1. The molecule has 1 aromatic rings. The molecule has 0 bridgehead atoms. The smallest absolute Gasteiger partial charge is 0.412 e. The van der Waals surface area contributed by atoms with Gasteiger partial charge >= 0.3 is 88.1 Å². The molecule has 2 heterocycles. The molecule has 0 aliphatic carbocycles. The number of hydrogen-bond acceptors (Lipinski definition) is 1. The standard InChI is InChI=1S/C9H15ClNO2Si.ClH.H2O/c1-8-4-3-5-9-11(8)7-14(2,12,6-10)13-9;;/h3-5H,6-7,12H2,1-2H3;1H;1H2/q+1;;/p-1. The van der Waals surface area contributed by atoms with Crippen LogP contribution < -0.4 is 21.4 Å². The van der Waals surface area contributed by atoms with Crippen LogP contribution in [0.1, 0.15) is 5.69 Å². The van der Waals surface area contributed by atoms with Crippen molar-refractivity contribution in [1.82, 2.24) is 0 Å². The van der Waals surface area contributed by atoms with Crippen LogP contribution in [-0.2, 0) is 6.17 Å². The maximum Gasteiger partial charge on any atom is -0.412 e. The van der Waals surface area contributed by atoms with E-state index in [1.807, 2.05) is 36.2 Å². The minimum atomic E-state index is -3.14. The van der Waals surface area contributed by atoms with Crippen LogP contribution in [0.2, 0.25) is 6.55 Å². The van der Waals surface area contributed by atoms with Gasteiger partial charge < -0.3 is 17.9 Å². The monoisotopic (exact) mass is 285 g/mol. The Hall–Kier alpha value is -0.333. The molecule has 4 N–H and O–H groups in total. The van der Waals surface area contributed by atoms with Gasteiger partial charge in [0.25, 0.3) is 0 Å². The number of alkyl halides is 1. The minimum Gasteiger partial charge on any atom is -1.00 e. The van der Waals surface area contributed by atoms with E-state index in [2.05, 4.69) is 0 Å². The number of hydrogen-bond donors (Lipinski definition) is 0. The molecule has 94 valence electrons. The number of aromatic nitrogens is 1. The van der Waals surface area contributed by atoms with E-state index < -0.39 is 7.84 Å². The van der Waals surface area contributed by atoms with Gasteiger partial charge in [0.15, 0.2) is 0 Å². The van der Waals surface area contributed by atoms with E-state index in [9.17, 15) is 0 Å². The van der Waals surface area contributed by atoms with Crippen molar-refractivity contribution >= 4 is 19.4 Å². The first-order valence-corrected chi connectivity index (χ1v) is 8.50. The van der Waals surface area contributed by atoms with E-state index in [0.717, 1.165) is 11.6 Å². The van der Waals surface area contributed by atoms with Crippen molar-refractivity contribution in [2.45, 2.75) is 19.6 Å². The molecule has 1 aromatic heterocycles. The van der Waals surface area contributed by atoms with Crippen LogP contribution in [0.3, 0.4) is 0 Å². The van der Waals surface area contributed by atoms with E-state index in [1.54, 1.807) is 0 Å². The number of pyridine rings is 1. The van der Waals surface area contributed by atoms with Crippen molar-refractivity contribution in [2.75, 3.05) is 5.50 Å². The summed E-state index contributed by atoms with van der Waals surface area (Å²) in [6.45, 7) is 3.90. The maximum atomic E-state index is 8.34. The Morgan fingerprint density at radius 2 is 2.19 bits per heavy atom. The van der Waals surface area contributed by atoms with Gasteiger partial charge in [-0.2, -0.15) is 0 Å². The molecule has 0 saturated carbocycles. The summed E-state index contributed by atoms with van der Waals surface area (Å²) in [4.78, 5) is 8.34. The molecule has 7 heteroatoms. The van der Waals surface area contributed by atoms with Crippen molar-refractivity contribution in [1.29, 1.82) is 0 Å². The zero-order valence-corrected chi connectivity index (χ0v) is 11.8. The van der Waals surface area contributed by atoms with E-state index in [-0.39, 0.29) is 17.9 Å². The molecule has 0 radical (unpaired) electrons. The summed E-state index contributed by atoms with van der Waals surface area (Å²) >= 11 is 5.87. The van der Waals surface area contributed by atoms with Gasteiger partial charge in [0.2, 0.25) is 0 Å². The van der Waals surface area contributed by atoms with Crippen LogP contribution in [0.4, 0.5) is 0 Å². The molecule has 0 amide bonds. The summed E-state index contributed by atoms with van der Waals surface area (Å²) in [6, 6.07) is 5.87. The summed E-state index contributed by atoms with van der Waals surface area (Å²) in [5, 5.41) is 0. The Balaban J connectivity index is 0.00000112. The van der Waals surface area contributed by atoms with Gasteiger partial charge in [-0.3, -0.25) is 0 Å². The Kier molecular flexibility index (Phi) is 4.41. The molecule has 0 spiro atoms. The Morgan fingerprint density at radius 3 is 2.69 bits per heavy atom. The quantitative estimate of drug-likeness (QED) is 0.234. The Labute approximate surface area is 106 Å². The fraction of sp³-hybridized carbons (Fsp3) is 0.444. The first kappa shape index (κ1) is 15.7. The molecule has 0 aromatic carbocycles. The molecule has 4 nitrogen and oxygen atoms in total. The average molecular weight is 286 g/mol. The minimum absolute atomic E-state index is 0. The third kappa shape index (κ3) is 2.49. The van der Waals surface area contributed by atoms with Crippen LogP contribution in [0.15, 0.2) is 18.2 Å². The van der Waals surface area contributed by atoms with Crippen molar-refractivity contribution < 1.29 is 31.7 Å². The molecular weight excluding hydrogens is 269 g/mol. The second kappa shape index (κ2) is 4.50. The molecule has 0 saturated heterocycles. The van der Waals surface area contributed by atoms with Crippen LogP contribution in [0, 0.1) is 6.92 Å². The van der Waals surface area contributed by atoms with Crippen LogP contribution >= 0.6 is 11.6 Å². The van der Waals surface area contributed by atoms with E-state index in [1.165, 1.54) is 0 Å². The molecule has 1 aliphatic rings. The van der Waals surface area contributed by atoms with Crippen LogP contribution in [-0.4, -0.2) is 23.6 Å². The Bertz CT molecular complexity index is 400. The molecular formula is C9H17Cl2NO3Si. The predicted octanol–water partition coefficient (Wildman–Crippen LogP) is -3.08. The maximum absolute atomic E-state index is 8.34. The van der Waals surface area contributed by atoms with Crippen LogP contribution in [0.5, 0.6) is 5.88 Å². The fourth-order valence-electron chi connectivity index (χ4n) is 1.74. The molecule has 1 aliphatic heterocycles. The largest absolute Gasteiger partial charge is 1.00 e. The van der Waals surface area contributed by atoms with Crippen LogP contribution in [0.25, 0.3) is 0 Å². The van der Waals surface area contributed by atoms with Gasteiger partial charge in [0.1, 0.15) is 0 Å². The first-order valence-electron chi connectivity index (χ1n) is 4.64. The average Bonchev–Trinajstić information content (AvgIpc) is 2.40. The van der Waals surface area contributed by atoms with Gasteiger partial charge in [0, 0.05) is 0 Å². The molecule has 2 rings (SSSR count). The van der Waals surface area contributed by atoms with Gasteiger partial charge in [-0.1, -0.05) is 0 Å². The molecule has 16 heavy (non-hydrogen) atoms. The van der Waals surface area contributed by atoms with Gasteiger partial charge in [0.05, 0.1) is 0 Å². The molecule has 0 fully saturated rings. The first-order chi connectivity index (χ1) is 6.43. The zero-order valence-electron chi connectivity index (χ0n) is 9.26. The normalized spacial score (nSPS) is 21.4. The number of aryl methyl sites for hydroxylation is 1. The molecule has 0 atom stereocenters. The predicted molar refractivity (Wildman–Crippen MR) is 61.6 cm³/mol. The third-order valence-corrected chi connectivity index (χ3v) is 7.33. The number of fused-ring (bicyclic) bond motifs is 1. The summed E-state index contributed by atoms with van der Waals surface area (Å²) in [5.74, 6) is 0.788. The third-order valence-electron chi connectivity index (χ3n) is 2.59. The van der Waals surface area contributed by atoms with Crippen molar-refractivity contribution in [3.8, 4) is 5.88 Å². The van der Waals surface area contributed by atoms with Gasteiger partial charge in [-0.25, -0.2) is 0 Å². The Morgan fingerprint density at radius 1 is 1.56 bits per heavy atom. The summed E-state index contributed by atoms with van der Waals surface area (Å²) < 4.78 is 7.81. The zero-order chi connectivity index (χ0) is 10.4. The second-order valence-electron chi connectivity index (χ2n) is 4.48. The number of halogens is 2. The van der Waals surface area contributed by atoms with E-state index in [0.29, 0.717) is 11.7 Å². The van der Waals surface area contributed by atoms with Gasteiger partial charge in [-0.15, -0.1) is 0 Å². The fourth-order valence-corrected chi connectivity index (χ4v) is 4.38. The summed E-state index contributed by atoms with van der Waals surface area (Å²) in [6.07, 6.45) is 0.630. The summed E-state index contributed by atoms with van der Waals surface area (Å²) in [5.41, 5.74) is 1.43. The number of rotatable bonds is 1. The topological polar surface area (TPSA) is 67.5 Å². The second-order valence-corrected chi connectivity index (χ2v) is 10.4. The van der Waals surface area contributed by atoms with E-state index in [4.69, 9.17) is 20.8 Å². The van der Waals surface area contributed by atoms with Crippen molar-refractivity contribution in [3.63, 3.8) is 0 Å². The van der Waals surface area contributed by atoms with Gasteiger partial charge in [-0.05, 0) is 0 Å².